The van der Waals surface area contributed by atoms with E-state index in [-0.39, 0.29) is 23.1 Å². The van der Waals surface area contributed by atoms with Crippen LogP contribution in [0.2, 0.25) is 0 Å². The van der Waals surface area contributed by atoms with Crippen LogP contribution in [0.1, 0.15) is 44.7 Å². The zero-order valence-electron chi connectivity index (χ0n) is 19.2. The van der Waals surface area contributed by atoms with Crippen molar-refractivity contribution in [1.29, 1.82) is 5.26 Å². The summed E-state index contributed by atoms with van der Waals surface area (Å²) in [5.74, 6) is -1.27. The second-order valence-electron chi connectivity index (χ2n) is 8.39. The smallest absolute Gasteiger partial charge is 0.340 e. The van der Waals surface area contributed by atoms with Gasteiger partial charge in [0, 0.05) is 6.04 Å². The lowest BCUT2D eigenvalue weighted by Gasteiger charge is -2.25. The third-order valence-corrected chi connectivity index (χ3v) is 9.11. The summed E-state index contributed by atoms with van der Waals surface area (Å²) < 4.78 is 28.5. The Labute approximate surface area is 205 Å². The van der Waals surface area contributed by atoms with Crippen LogP contribution in [-0.2, 0) is 13.7 Å². The maximum atomic E-state index is 11.9. The molecular weight excluding hydrogens is 518 g/mol. The van der Waals surface area contributed by atoms with Crippen molar-refractivity contribution < 1.29 is 43.7 Å². The predicted octanol–water partition coefficient (Wildman–Crippen LogP) is 0.549. The molecule has 198 valence electrons. The number of anilines is 1. The average molecular weight is 546 g/mol. The molecule has 0 aromatic carbocycles. The molecule has 0 bridgehead atoms. The molecule has 2 aromatic heterocycles. The van der Waals surface area contributed by atoms with E-state index in [0.717, 1.165) is 30.4 Å². The van der Waals surface area contributed by atoms with Crippen LogP contribution in [0, 0.1) is 11.3 Å². The SMILES string of the molecule is C/C=C(/COP(=O)(O)CP(=O)(O)O)[C@@H](O)[C@@H](O)[C@@H](O)n1ncc2c(NC3CCCC3)nc(C#N)nc21. The van der Waals surface area contributed by atoms with E-state index < -0.39 is 46.1 Å². The molecule has 0 spiro atoms. The molecule has 0 radical (unpaired) electrons. The van der Waals surface area contributed by atoms with Gasteiger partial charge in [-0.3, -0.25) is 9.13 Å². The Bertz CT molecular complexity index is 1250. The van der Waals surface area contributed by atoms with Crippen LogP contribution in [-0.4, -0.2) is 80.5 Å². The maximum Gasteiger partial charge on any atom is 0.340 e. The molecule has 1 unspecified atom stereocenters. The lowest BCUT2D eigenvalue weighted by Crippen LogP contribution is -2.37. The van der Waals surface area contributed by atoms with Gasteiger partial charge in [-0.15, -0.1) is 0 Å². The van der Waals surface area contributed by atoms with Gasteiger partial charge < -0.3 is 39.8 Å². The predicted molar refractivity (Wildman–Crippen MR) is 126 cm³/mol. The molecular formula is C19H28N6O9P2. The Morgan fingerprint density at radius 3 is 2.53 bits per heavy atom. The Morgan fingerprint density at radius 2 is 1.94 bits per heavy atom. The first-order valence-electron chi connectivity index (χ1n) is 11.0. The lowest BCUT2D eigenvalue weighted by molar-refractivity contribution is -0.0845. The highest BCUT2D eigenvalue weighted by Gasteiger charge is 2.34. The number of fused-ring (bicyclic) bond motifs is 1. The first-order chi connectivity index (χ1) is 16.8. The van der Waals surface area contributed by atoms with E-state index in [9.17, 15) is 34.6 Å². The Kier molecular flexibility index (Phi) is 9.00. The van der Waals surface area contributed by atoms with Crippen LogP contribution >= 0.6 is 15.2 Å². The molecule has 1 fully saturated rings. The average Bonchev–Trinajstić information content (AvgIpc) is 3.46. The second kappa shape index (κ2) is 11.4. The lowest BCUT2D eigenvalue weighted by atomic mass is 10.0. The summed E-state index contributed by atoms with van der Waals surface area (Å²) in [5, 5.41) is 49.0. The van der Waals surface area contributed by atoms with E-state index in [1.54, 1.807) is 0 Å². The third-order valence-electron chi connectivity index (χ3n) is 5.68. The molecule has 0 saturated heterocycles. The standard InChI is InChI=1S/C19H28N6O9P2/c1-2-11(9-34-36(32,33)10-35(29,30)31)15(26)16(27)19(28)25-18-13(8-21-25)17(23-14(7-20)24-18)22-12-5-3-4-6-12/h2,8,12,15-16,19,26-28H,3-6,9-10H2,1H3,(H,32,33)(H,22,23,24)(H2,29,30,31)/b11-2-/t15-,16-,19-/m1/s1. The molecule has 0 aliphatic heterocycles. The van der Waals surface area contributed by atoms with Gasteiger partial charge in [-0.1, -0.05) is 18.9 Å². The number of aliphatic hydroxyl groups excluding tert-OH is 3. The molecule has 1 aliphatic carbocycles. The maximum absolute atomic E-state index is 11.9. The van der Waals surface area contributed by atoms with Crippen molar-refractivity contribution >= 4 is 32.0 Å². The normalized spacial score (nSPS) is 19.6. The molecule has 2 aromatic rings. The summed E-state index contributed by atoms with van der Waals surface area (Å²) in [7, 11) is -9.57. The number of rotatable bonds is 11. The second-order valence-corrected chi connectivity index (χ2v) is 12.4. The zero-order valence-corrected chi connectivity index (χ0v) is 21.0. The van der Waals surface area contributed by atoms with Crippen molar-refractivity contribution in [3.8, 4) is 6.07 Å². The minimum Gasteiger partial charge on any atom is -0.386 e. The van der Waals surface area contributed by atoms with Gasteiger partial charge in [0.1, 0.15) is 24.1 Å². The molecule has 4 atom stereocenters. The number of hydrogen-bond acceptors (Lipinski definition) is 11. The summed E-state index contributed by atoms with van der Waals surface area (Å²) >= 11 is 0. The van der Waals surface area contributed by atoms with E-state index >= 15 is 0 Å². The number of nitrogens with zero attached hydrogens (tertiary/aromatic N) is 5. The van der Waals surface area contributed by atoms with Crippen molar-refractivity contribution in [2.45, 2.75) is 57.1 Å². The molecule has 36 heavy (non-hydrogen) atoms. The van der Waals surface area contributed by atoms with Gasteiger partial charge in [0.05, 0.1) is 18.2 Å². The van der Waals surface area contributed by atoms with E-state index in [4.69, 9.17) is 14.3 Å². The van der Waals surface area contributed by atoms with E-state index in [1.165, 1.54) is 19.2 Å². The number of nitriles is 1. The topological polar surface area (TPSA) is 244 Å². The van der Waals surface area contributed by atoms with Crippen LogP contribution < -0.4 is 5.32 Å². The van der Waals surface area contributed by atoms with Crippen molar-refractivity contribution in [3.05, 3.63) is 23.7 Å². The Morgan fingerprint density at radius 1 is 1.28 bits per heavy atom. The van der Waals surface area contributed by atoms with Crippen LogP contribution in [0.5, 0.6) is 0 Å². The van der Waals surface area contributed by atoms with Crippen LogP contribution in [0.4, 0.5) is 5.82 Å². The van der Waals surface area contributed by atoms with E-state index in [0.29, 0.717) is 11.2 Å². The fourth-order valence-corrected chi connectivity index (χ4v) is 6.40. The number of hydrogen-bond donors (Lipinski definition) is 7. The van der Waals surface area contributed by atoms with Crippen LogP contribution in [0.25, 0.3) is 11.0 Å². The monoisotopic (exact) mass is 546 g/mol. The fourth-order valence-electron chi connectivity index (χ4n) is 3.86. The van der Waals surface area contributed by atoms with Crippen molar-refractivity contribution in [2.75, 3.05) is 17.8 Å². The highest BCUT2D eigenvalue weighted by molar-refractivity contribution is 7.70. The molecule has 2 heterocycles. The molecule has 1 aliphatic rings. The number of nitrogens with one attached hydrogen (secondary N) is 1. The van der Waals surface area contributed by atoms with Gasteiger partial charge in [-0.25, -0.2) is 9.67 Å². The van der Waals surface area contributed by atoms with Gasteiger partial charge in [-0.2, -0.15) is 15.3 Å². The summed E-state index contributed by atoms with van der Waals surface area (Å²) in [6, 6.07) is 1.99. The minimum atomic E-state index is -4.85. The third kappa shape index (κ3) is 6.95. The van der Waals surface area contributed by atoms with Gasteiger partial charge in [0.15, 0.2) is 17.8 Å². The van der Waals surface area contributed by atoms with Crippen molar-refractivity contribution in [2.24, 2.45) is 0 Å². The fraction of sp³-hybridized carbons (Fsp3) is 0.579. The molecule has 17 heteroatoms. The molecule has 3 rings (SSSR count). The quantitative estimate of drug-likeness (QED) is 0.150. The largest absolute Gasteiger partial charge is 0.386 e. The van der Waals surface area contributed by atoms with Gasteiger partial charge in [-0.05, 0) is 25.3 Å². The van der Waals surface area contributed by atoms with E-state index in [2.05, 4.69) is 20.4 Å². The summed E-state index contributed by atoms with van der Waals surface area (Å²) in [6.07, 6.45) is 0.934. The molecule has 7 N–H and O–H groups in total. The highest BCUT2D eigenvalue weighted by Crippen LogP contribution is 2.55. The minimum absolute atomic E-state index is 0.0283. The van der Waals surface area contributed by atoms with Crippen LogP contribution in [0.15, 0.2) is 17.8 Å². The Hall–Kier alpha value is -2.24. The highest BCUT2D eigenvalue weighted by atomic mass is 31.2. The van der Waals surface area contributed by atoms with Crippen molar-refractivity contribution in [3.63, 3.8) is 0 Å². The Balaban J connectivity index is 1.81. The molecule has 1 saturated carbocycles. The number of aromatic nitrogens is 4. The first kappa shape index (κ1) is 28.3. The summed E-state index contributed by atoms with van der Waals surface area (Å²) in [5.41, 5.74) is -0.116. The summed E-state index contributed by atoms with van der Waals surface area (Å²) in [4.78, 5) is 35.7. The van der Waals surface area contributed by atoms with Crippen LogP contribution in [0.3, 0.4) is 0 Å². The molecule has 15 nitrogen and oxygen atoms in total. The van der Waals surface area contributed by atoms with E-state index in [1.807, 2.05) is 6.07 Å². The van der Waals surface area contributed by atoms with Gasteiger partial charge in [0.25, 0.3) is 0 Å². The number of allylic oxidation sites excluding steroid dienone is 1. The molecule has 0 amide bonds. The first-order valence-corrected chi connectivity index (χ1v) is 14.5. The van der Waals surface area contributed by atoms with Gasteiger partial charge in [0.2, 0.25) is 5.82 Å². The van der Waals surface area contributed by atoms with Crippen molar-refractivity contribution in [1.82, 2.24) is 19.7 Å². The van der Waals surface area contributed by atoms with Gasteiger partial charge >= 0.3 is 15.2 Å². The summed E-state index contributed by atoms with van der Waals surface area (Å²) in [6.45, 7) is 0.661. The zero-order chi connectivity index (χ0) is 26.7. The number of aliphatic hydroxyl groups is 3.